The fraction of sp³-hybridized carbons (Fsp3) is 0. The fourth-order valence-corrected chi connectivity index (χ4v) is 2.47. The molecule has 0 bridgehead atoms. The average Bonchev–Trinajstić information content (AvgIpc) is 2.08. The number of hydrogen-bond acceptors (Lipinski definition) is 1. The van der Waals surface area contributed by atoms with E-state index in [0.29, 0.717) is 0 Å². The summed E-state index contributed by atoms with van der Waals surface area (Å²) in [6, 6.07) is 1.04. The van der Waals surface area contributed by atoms with Gasteiger partial charge in [0.2, 0.25) is 0 Å². The molecule has 1 rings (SSSR count). The van der Waals surface area contributed by atoms with Crippen molar-refractivity contribution in [3.8, 4) is 0 Å². The number of halogens is 4. The van der Waals surface area contributed by atoms with Gasteiger partial charge in [-0.1, -0.05) is 0 Å². The monoisotopic (exact) mass is 348 g/mol. The van der Waals surface area contributed by atoms with E-state index in [9.17, 15) is 16.9 Å². The Morgan fingerprint density at radius 2 is 1.75 bits per heavy atom. The molecule has 12 heavy (non-hydrogen) atoms. The topological polar surface area (TPSA) is 17.1 Å². The van der Waals surface area contributed by atoms with E-state index in [0.717, 1.165) is 6.07 Å². The zero-order valence-corrected chi connectivity index (χ0v) is 9.48. The van der Waals surface area contributed by atoms with Crippen molar-refractivity contribution in [2.24, 2.45) is 0 Å². The number of hydrogen-bond donors (Lipinski definition) is 0. The van der Waals surface area contributed by atoms with Crippen molar-refractivity contribution in [3.05, 3.63) is 27.1 Å². The summed E-state index contributed by atoms with van der Waals surface area (Å²) in [5.74, 6) is -4.13. The predicted molar refractivity (Wildman–Crippen MR) is 45.1 cm³/mol. The van der Waals surface area contributed by atoms with Crippen LogP contribution in [0.5, 0.6) is 0 Å². The van der Waals surface area contributed by atoms with Crippen molar-refractivity contribution in [1.29, 1.82) is 0 Å². The Kier molecular flexibility index (Phi) is 3.28. The summed E-state index contributed by atoms with van der Waals surface area (Å²) in [5.41, 5.74) is 0. The average molecular weight is 348 g/mol. The molecule has 6 heteroatoms. The van der Waals surface area contributed by atoms with Gasteiger partial charge in [-0.15, -0.1) is 0 Å². The van der Waals surface area contributed by atoms with E-state index in [-0.39, 0.29) is 7.92 Å². The Hall–Kier alpha value is 0.0984. The fourth-order valence-electron chi connectivity index (χ4n) is 0.627. The second-order valence-electron chi connectivity index (χ2n) is 1.91. The Bertz CT molecular complexity index is 342. The molecule has 1 nitrogen and oxygen atoms in total. The molecule has 0 atom stereocenters. The van der Waals surface area contributed by atoms with Crippen LogP contribution in [0.4, 0.5) is 13.2 Å². The first-order valence-corrected chi connectivity index (χ1v) is 5.52. The van der Waals surface area contributed by atoms with E-state index >= 15 is 0 Å². The molecule has 0 aliphatic rings. The van der Waals surface area contributed by atoms with Gasteiger partial charge in [0, 0.05) is 0 Å². The van der Waals surface area contributed by atoms with Crippen molar-refractivity contribution in [1.82, 2.24) is 0 Å². The normalized spacial score (nSPS) is 10.7. The third-order valence-corrected chi connectivity index (χ3v) is 3.06. The van der Waals surface area contributed by atoms with Crippen molar-refractivity contribution in [2.45, 2.75) is 0 Å². The zero-order chi connectivity index (χ0) is 9.30. The van der Waals surface area contributed by atoms with Gasteiger partial charge >= 0.3 is 86.6 Å². The molecule has 1 aromatic rings. The third-order valence-electron chi connectivity index (χ3n) is 1.18. The summed E-state index contributed by atoms with van der Waals surface area (Å²) in [6.45, 7) is 0. The summed E-state index contributed by atoms with van der Waals surface area (Å²) in [6.07, 6.45) is 0. The molecule has 0 radical (unpaired) electrons. The van der Waals surface area contributed by atoms with Crippen LogP contribution in [-0.2, 0) is 3.74 Å². The van der Waals surface area contributed by atoms with Crippen LogP contribution in [-0.4, -0.2) is 15.7 Å². The first kappa shape index (κ1) is 10.2. The second kappa shape index (κ2) is 3.87. The Morgan fingerprint density at radius 1 is 1.17 bits per heavy atom. The van der Waals surface area contributed by atoms with E-state index in [2.05, 4.69) is 0 Å². The number of rotatable bonds is 1. The van der Waals surface area contributed by atoms with Gasteiger partial charge in [0.1, 0.15) is 0 Å². The van der Waals surface area contributed by atoms with E-state index in [1.165, 1.54) is 22.6 Å². The van der Waals surface area contributed by atoms with E-state index in [1.807, 2.05) is 0 Å². The van der Waals surface area contributed by atoms with Crippen LogP contribution in [0.1, 0.15) is 0 Å². The summed E-state index contributed by atoms with van der Waals surface area (Å²) < 4.78 is 47.8. The minimum atomic E-state index is -1.66. The molecule has 64 valence electrons. The third kappa shape index (κ3) is 1.71. The maximum atomic E-state index is 12.6. The predicted octanol–water partition coefficient (Wildman–Crippen LogP) is 1.38. The molecule has 0 aliphatic heterocycles. The standard InChI is InChI=1S/C6HAsF3IO/c8-4-2(7-12)1-3(11)5(9)6(4)10/h1H. The minimum absolute atomic E-state index is 0.0623. The quantitative estimate of drug-likeness (QED) is 0.325. The van der Waals surface area contributed by atoms with Crippen LogP contribution in [0.3, 0.4) is 0 Å². The molecule has 1 aromatic carbocycles. The van der Waals surface area contributed by atoms with Crippen molar-refractivity contribution < 1.29 is 16.9 Å². The van der Waals surface area contributed by atoms with Gasteiger partial charge < -0.3 is 0 Å². The molecule has 0 amide bonds. The van der Waals surface area contributed by atoms with E-state index in [1.54, 1.807) is 0 Å². The maximum absolute atomic E-state index is 12.6. The van der Waals surface area contributed by atoms with Crippen molar-refractivity contribution >= 4 is 42.6 Å². The zero-order valence-electron chi connectivity index (χ0n) is 5.44. The molecule has 0 N–H and O–H groups in total. The van der Waals surface area contributed by atoms with Gasteiger partial charge in [-0.05, 0) is 0 Å². The molecule has 0 fully saturated rings. The first-order chi connectivity index (χ1) is 5.57. The van der Waals surface area contributed by atoms with Gasteiger partial charge in [0.25, 0.3) is 0 Å². The molecular formula is C6HAsF3IO. The SMILES string of the molecule is O=[As]c1cc(I)c(F)c(F)c1F. The molecule has 0 aliphatic carbocycles. The van der Waals surface area contributed by atoms with E-state index in [4.69, 9.17) is 0 Å². The molecular weight excluding hydrogens is 347 g/mol. The number of benzene rings is 1. The first-order valence-electron chi connectivity index (χ1n) is 2.74. The van der Waals surface area contributed by atoms with E-state index < -0.39 is 33.1 Å². The van der Waals surface area contributed by atoms with Crippen LogP contribution in [0.2, 0.25) is 0 Å². The molecule has 0 aromatic heterocycles. The second-order valence-corrected chi connectivity index (χ2v) is 4.47. The molecule has 0 saturated heterocycles. The molecule has 0 saturated carbocycles. The Labute approximate surface area is 86.4 Å². The molecule has 0 unspecified atom stereocenters. The van der Waals surface area contributed by atoms with Crippen LogP contribution in [0.15, 0.2) is 6.07 Å². The Morgan fingerprint density at radius 3 is 2.25 bits per heavy atom. The van der Waals surface area contributed by atoms with Gasteiger partial charge in [-0.25, -0.2) is 0 Å². The van der Waals surface area contributed by atoms with Crippen LogP contribution in [0.25, 0.3) is 0 Å². The van der Waals surface area contributed by atoms with Crippen molar-refractivity contribution in [3.63, 3.8) is 0 Å². The van der Waals surface area contributed by atoms with Gasteiger partial charge in [-0.2, -0.15) is 0 Å². The summed E-state index contributed by atoms with van der Waals surface area (Å²) >= 11 is -0.151. The van der Waals surface area contributed by atoms with Crippen LogP contribution < -0.4 is 4.35 Å². The van der Waals surface area contributed by atoms with Gasteiger partial charge in [0.15, 0.2) is 0 Å². The molecule has 0 spiro atoms. The summed E-state index contributed by atoms with van der Waals surface area (Å²) in [4.78, 5) is 0. The van der Waals surface area contributed by atoms with Crippen molar-refractivity contribution in [2.75, 3.05) is 0 Å². The van der Waals surface area contributed by atoms with Crippen LogP contribution in [0, 0.1) is 21.0 Å². The summed E-state index contributed by atoms with van der Waals surface area (Å²) in [5, 5.41) is 0. The van der Waals surface area contributed by atoms with Gasteiger partial charge in [-0.3, -0.25) is 0 Å². The molecule has 0 heterocycles. The Balaban J connectivity index is 3.49. The van der Waals surface area contributed by atoms with Gasteiger partial charge in [0.05, 0.1) is 0 Å². The summed E-state index contributed by atoms with van der Waals surface area (Å²) in [7, 11) is 0. The van der Waals surface area contributed by atoms with Crippen LogP contribution >= 0.6 is 22.6 Å².